The minimum absolute atomic E-state index is 0.0303. The van der Waals surface area contributed by atoms with Gasteiger partial charge in [0.2, 0.25) is 0 Å². The first-order valence-corrected chi connectivity index (χ1v) is 10.1. The van der Waals surface area contributed by atoms with Crippen molar-refractivity contribution in [1.29, 1.82) is 0 Å². The van der Waals surface area contributed by atoms with Crippen LogP contribution >= 0.6 is 0 Å². The Morgan fingerprint density at radius 3 is 2.38 bits per heavy atom. The van der Waals surface area contributed by atoms with Crippen molar-refractivity contribution < 1.29 is 22.7 Å². The lowest BCUT2D eigenvalue weighted by Gasteiger charge is -2.14. The molecule has 0 fully saturated rings. The molecule has 0 spiro atoms. The Hall–Kier alpha value is -3.65. The van der Waals surface area contributed by atoms with Crippen LogP contribution in [0.2, 0.25) is 0 Å². The van der Waals surface area contributed by atoms with Gasteiger partial charge >= 0.3 is 0 Å². The third kappa shape index (κ3) is 3.13. The summed E-state index contributed by atoms with van der Waals surface area (Å²) in [5.41, 5.74) is 0.836. The summed E-state index contributed by atoms with van der Waals surface area (Å²) in [6.07, 6.45) is 0. The van der Waals surface area contributed by atoms with Gasteiger partial charge in [0, 0.05) is 5.56 Å². The zero-order chi connectivity index (χ0) is 20.6. The number of sulfonamides is 1. The molecule has 0 saturated heterocycles. The van der Waals surface area contributed by atoms with Gasteiger partial charge in [0.15, 0.2) is 0 Å². The van der Waals surface area contributed by atoms with Crippen LogP contribution in [0.25, 0.3) is 0 Å². The van der Waals surface area contributed by atoms with Crippen LogP contribution in [0.3, 0.4) is 0 Å². The highest BCUT2D eigenvalue weighted by Gasteiger charge is 2.42. The lowest BCUT2D eigenvalue weighted by atomic mass is 10.1. The third-order valence-electron chi connectivity index (χ3n) is 4.52. The first-order chi connectivity index (χ1) is 13.9. The van der Waals surface area contributed by atoms with E-state index in [0.29, 0.717) is 11.4 Å². The maximum atomic E-state index is 13.0. The molecule has 7 nitrogen and oxygen atoms in total. The van der Waals surface area contributed by atoms with Gasteiger partial charge in [-0.05, 0) is 42.5 Å². The van der Waals surface area contributed by atoms with Gasteiger partial charge in [0.1, 0.15) is 10.6 Å². The minimum Gasteiger partial charge on any atom is -0.495 e. The number of carbonyl (C=O) groups excluding carboxylic acids is 2. The highest BCUT2D eigenvalue weighted by molar-refractivity contribution is 7.94. The van der Waals surface area contributed by atoms with E-state index in [0.717, 1.165) is 4.31 Å². The summed E-state index contributed by atoms with van der Waals surface area (Å²) >= 11 is 0. The highest BCUT2D eigenvalue weighted by Crippen LogP contribution is 2.35. The van der Waals surface area contributed by atoms with Gasteiger partial charge < -0.3 is 10.1 Å². The number of methoxy groups -OCH3 is 1. The Labute approximate surface area is 167 Å². The van der Waals surface area contributed by atoms with E-state index in [-0.39, 0.29) is 21.7 Å². The molecule has 3 aromatic rings. The number of amides is 2. The average Bonchev–Trinajstić information content (AvgIpc) is 2.94. The molecule has 0 bridgehead atoms. The standard InChI is InChI=1S/C21H16N2O5S/c1-28-18-10-6-5-9-17(18)22-20(24)14-11-12-16-19(13-14)29(26,27)23(21(16)25)15-7-3-2-4-8-15/h2-13H,1H3,(H,22,24). The fourth-order valence-corrected chi connectivity index (χ4v) is 4.75. The predicted molar refractivity (Wildman–Crippen MR) is 108 cm³/mol. The molecule has 0 aromatic heterocycles. The van der Waals surface area contributed by atoms with Gasteiger partial charge in [-0.1, -0.05) is 30.3 Å². The van der Waals surface area contributed by atoms with Crippen molar-refractivity contribution in [1.82, 2.24) is 0 Å². The third-order valence-corrected chi connectivity index (χ3v) is 6.27. The van der Waals surface area contributed by atoms with E-state index in [9.17, 15) is 18.0 Å². The topological polar surface area (TPSA) is 92.8 Å². The van der Waals surface area contributed by atoms with Gasteiger partial charge in [0.05, 0.1) is 24.0 Å². The maximum absolute atomic E-state index is 13.0. The summed E-state index contributed by atoms with van der Waals surface area (Å²) in [6, 6.07) is 19.0. The van der Waals surface area contributed by atoms with Gasteiger partial charge in [-0.3, -0.25) is 9.59 Å². The molecule has 0 radical (unpaired) electrons. The SMILES string of the molecule is COc1ccccc1NC(=O)c1ccc2c(c1)S(=O)(=O)N(c1ccccc1)C2=O. The predicted octanol–water partition coefficient (Wildman–Crippen LogP) is 3.30. The van der Waals surface area contributed by atoms with Gasteiger partial charge in [-0.2, -0.15) is 4.31 Å². The van der Waals surface area contributed by atoms with Crippen molar-refractivity contribution in [3.8, 4) is 5.75 Å². The zero-order valence-corrected chi connectivity index (χ0v) is 16.1. The van der Waals surface area contributed by atoms with E-state index in [1.54, 1.807) is 42.5 Å². The van der Waals surface area contributed by atoms with Crippen LogP contribution in [0.4, 0.5) is 11.4 Å². The van der Waals surface area contributed by atoms with Crippen LogP contribution < -0.4 is 14.4 Å². The molecule has 1 N–H and O–H groups in total. The fourth-order valence-electron chi connectivity index (χ4n) is 3.13. The van der Waals surface area contributed by atoms with E-state index in [2.05, 4.69) is 5.32 Å². The number of ether oxygens (including phenoxy) is 1. The molecule has 0 atom stereocenters. The Morgan fingerprint density at radius 2 is 1.66 bits per heavy atom. The quantitative estimate of drug-likeness (QED) is 0.715. The molecule has 29 heavy (non-hydrogen) atoms. The number of fused-ring (bicyclic) bond motifs is 1. The van der Waals surface area contributed by atoms with E-state index in [1.807, 2.05) is 0 Å². The molecule has 8 heteroatoms. The van der Waals surface area contributed by atoms with Crippen molar-refractivity contribution in [2.75, 3.05) is 16.7 Å². The van der Waals surface area contributed by atoms with Crippen molar-refractivity contribution in [3.05, 3.63) is 83.9 Å². The van der Waals surface area contributed by atoms with Crippen LogP contribution in [0.5, 0.6) is 5.75 Å². The Kier molecular flexibility index (Phi) is 4.56. The van der Waals surface area contributed by atoms with E-state index < -0.39 is 21.8 Å². The highest BCUT2D eigenvalue weighted by atomic mass is 32.2. The molecule has 1 aliphatic heterocycles. The van der Waals surface area contributed by atoms with Gasteiger partial charge in [-0.15, -0.1) is 0 Å². The summed E-state index contributed by atoms with van der Waals surface area (Å²) < 4.78 is 31.9. The number of para-hydroxylation sites is 3. The Bertz CT molecular complexity index is 1220. The molecule has 3 aromatic carbocycles. The lowest BCUT2D eigenvalue weighted by Crippen LogP contribution is -2.29. The second kappa shape index (κ2) is 7.06. The molecule has 0 aliphatic carbocycles. The molecule has 146 valence electrons. The number of anilines is 2. The normalized spacial score (nSPS) is 14.4. The average molecular weight is 408 g/mol. The van der Waals surface area contributed by atoms with Gasteiger partial charge in [0.25, 0.3) is 21.8 Å². The largest absolute Gasteiger partial charge is 0.495 e. The summed E-state index contributed by atoms with van der Waals surface area (Å²) in [6.45, 7) is 0. The summed E-state index contributed by atoms with van der Waals surface area (Å²) in [5, 5.41) is 2.69. The van der Waals surface area contributed by atoms with Crippen LogP contribution in [-0.4, -0.2) is 27.3 Å². The van der Waals surface area contributed by atoms with E-state index >= 15 is 0 Å². The monoisotopic (exact) mass is 408 g/mol. The number of hydrogen-bond donors (Lipinski definition) is 1. The first-order valence-electron chi connectivity index (χ1n) is 8.66. The molecule has 0 unspecified atom stereocenters. The lowest BCUT2D eigenvalue weighted by molar-refractivity contribution is 0.100. The van der Waals surface area contributed by atoms with Crippen molar-refractivity contribution in [2.45, 2.75) is 4.90 Å². The second-order valence-corrected chi connectivity index (χ2v) is 8.03. The molecular weight excluding hydrogens is 392 g/mol. The first kappa shape index (κ1) is 18.7. The number of nitrogens with zero attached hydrogens (tertiary/aromatic N) is 1. The molecular formula is C21H16N2O5S. The zero-order valence-electron chi connectivity index (χ0n) is 15.3. The van der Waals surface area contributed by atoms with E-state index in [4.69, 9.17) is 4.74 Å². The Morgan fingerprint density at radius 1 is 0.966 bits per heavy atom. The van der Waals surface area contributed by atoms with Gasteiger partial charge in [-0.25, -0.2) is 8.42 Å². The van der Waals surface area contributed by atoms with Crippen LogP contribution in [0.15, 0.2) is 77.7 Å². The summed E-state index contributed by atoms with van der Waals surface area (Å²) in [4.78, 5) is 25.2. The molecule has 1 heterocycles. The second-order valence-electron chi connectivity index (χ2n) is 6.28. The van der Waals surface area contributed by atoms with Crippen molar-refractivity contribution in [2.24, 2.45) is 0 Å². The van der Waals surface area contributed by atoms with Crippen LogP contribution in [0.1, 0.15) is 20.7 Å². The number of hydrogen-bond acceptors (Lipinski definition) is 5. The summed E-state index contributed by atoms with van der Waals surface area (Å²) in [5.74, 6) is -0.693. The smallest absolute Gasteiger partial charge is 0.273 e. The number of nitrogens with one attached hydrogen (secondary N) is 1. The van der Waals surface area contributed by atoms with Crippen LogP contribution in [0, 0.1) is 0 Å². The minimum atomic E-state index is -4.11. The molecule has 4 rings (SSSR count). The van der Waals surface area contributed by atoms with Crippen molar-refractivity contribution >= 4 is 33.2 Å². The Balaban J connectivity index is 1.70. The fraction of sp³-hybridized carbons (Fsp3) is 0.0476. The molecule has 0 saturated carbocycles. The van der Waals surface area contributed by atoms with Crippen molar-refractivity contribution in [3.63, 3.8) is 0 Å². The van der Waals surface area contributed by atoms with E-state index in [1.165, 1.54) is 37.4 Å². The van der Waals surface area contributed by atoms with Crippen LogP contribution in [-0.2, 0) is 10.0 Å². The number of rotatable bonds is 4. The summed E-state index contributed by atoms with van der Waals surface area (Å²) in [7, 11) is -2.63. The molecule has 1 aliphatic rings. The maximum Gasteiger partial charge on any atom is 0.273 e. The number of benzene rings is 3. The molecule has 2 amide bonds. The number of carbonyl (C=O) groups is 2.